The zero-order valence-corrected chi connectivity index (χ0v) is 19.0. The molecule has 4 rings (SSSR count). The highest BCUT2D eigenvalue weighted by atomic mass is 16.5. The largest absolute Gasteiger partial charge is 0.484 e. The number of carbonyl (C=O) groups excluding carboxylic acids is 2. The number of nitrogens with one attached hydrogen (secondary N) is 1. The normalized spacial score (nSPS) is 16.8. The van der Waals surface area contributed by atoms with Gasteiger partial charge in [-0.1, -0.05) is 31.5 Å². The third kappa shape index (κ3) is 4.74. The number of ketones is 1. The van der Waals surface area contributed by atoms with Gasteiger partial charge >= 0.3 is 0 Å². The van der Waals surface area contributed by atoms with E-state index in [1.807, 2.05) is 10.9 Å². The summed E-state index contributed by atoms with van der Waals surface area (Å²) in [5, 5.41) is 7.78. The highest BCUT2D eigenvalue weighted by molar-refractivity contribution is 5.94. The lowest BCUT2D eigenvalue weighted by Gasteiger charge is -2.36. The molecule has 6 heteroatoms. The van der Waals surface area contributed by atoms with E-state index in [1.54, 1.807) is 24.3 Å². The Labute approximate surface area is 188 Å². The van der Waals surface area contributed by atoms with Crippen LogP contribution < -0.4 is 10.1 Å². The number of hydrogen-bond acceptors (Lipinski definition) is 4. The van der Waals surface area contributed by atoms with Gasteiger partial charge in [0.1, 0.15) is 5.75 Å². The molecule has 0 saturated carbocycles. The van der Waals surface area contributed by atoms with E-state index in [0.717, 1.165) is 29.8 Å². The van der Waals surface area contributed by atoms with Gasteiger partial charge in [0.25, 0.3) is 5.91 Å². The molecule has 1 N–H and O–H groups in total. The van der Waals surface area contributed by atoms with Crippen molar-refractivity contribution < 1.29 is 14.3 Å². The summed E-state index contributed by atoms with van der Waals surface area (Å²) >= 11 is 0. The molecule has 166 valence electrons. The lowest BCUT2D eigenvalue weighted by Crippen LogP contribution is -2.38. The van der Waals surface area contributed by atoms with Gasteiger partial charge in [0.05, 0.1) is 23.6 Å². The van der Waals surface area contributed by atoms with E-state index in [2.05, 4.69) is 55.5 Å². The quantitative estimate of drug-likeness (QED) is 0.579. The summed E-state index contributed by atoms with van der Waals surface area (Å²) in [6.07, 6.45) is 3.59. The first-order valence-electron chi connectivity index (χ1n) is 10.9. The van der Waals surface area contributed by atoms with E-state index in [9.17, 15) is 9.59 Å². The Bertz CT molecular complexity index is 1130. The molecular weight excluding hydrogens is 402 g/mol. The molecule has 0 saturated heterocycles. The number of carbonyl (C=O) groups is 2. The Hall–Kier alpha value is -3.41. The minimum absolute atomic E-state index is 0.00352. The average molecular weight is 432 g/mol. The maximum atomic E-state index is 12.7. The van der Waals surface area contributed by atoms with Crippen molar-refractivity contribution in [1.29, 1.82) is 0 Å². The molecule has 0 radical (unpaired) electrons. The van der Waals surface area contributed by atoms with Crippen LogP contribution in [0.5, 0.6) is 5.75 Å². The van der Waals surface area contributed by atoms with Crippen LogP contribution >= 0.6 is 0 Å². The Morgan fingerprint density at radius 3 is 2.47 bits per heavy atom. The lowest BCUT2D eigenvalue weighted by atomic mass is 9.74. The van der Waals surface area contributed by atoms with Crippen molar-refractivity contribution in [3.63, 3.8) is 0 Å². The smallest absolute Gasteiger partial charge is 0.258 e. The van der Waals surface area contributed by atoms with Crippen LogP contribution in [0.3, 0.4) is 0 Å². The van der Waals surface area contributed by atoms with Gasteiger partial charge in [-0.25, -0.2) is 4.68 Å². The van der Waals surface area contributed by atoms with Crippen molar-refractivity contribution in [3.05, 3.63) is 77.1 Å². The zero-order valence-electron chi connectivity index (χ0n) is 19.0. The molecule has 6 nitrogen and oxygen atoms in total. The predicted molar refractivity (Wildman–Crippen MR) is 123 cm³/mol. The van der Waals surface area contributed by atoms with Crippen LogP contribution in [0.1, 0.15) is 60.4 Å². The van der Waals surface area contributed by atoms with Crippen LogP contribution in [0.4, 0.5) is 0 Å². The first-order chi connectivity index (χ1) is 15.2. The Morgan fingerprint density at radius 2 is 1.81 bits per heavy atom. The summed E-state index contributed by atoms with van der Waals surface area (Å²) < 4.78 is 7.61. The third-order valence-corrected chi connectivity index (χ3v) is 5.92. The van der Waals surface area contributed by atoms with Crippen LogP contribution in [0.15, 0.2) is 54.7 Å². The summed E-state index contributed by atoms with van der Waals surface area (Å²) in [5.74, 6) is 0.371. The van der Waals surface area contributed by atoms with Crippen LogP contribution in [0.25, 0.3) is 5.69 Å². The number of aromatic nitrogens is 2. The SMILES string of the molecule is CC(=O)c1ccc(OCC(=O)NC2CC(C)(C)Cc3c2cnn3-c2ccc(C)cc2)cc1. The average Bonchev–Trinajstić information content (AvgIpc) is 3.16. The molecule has 1 aromatic heterocycles. The molecule has 32 heavy (non-hydrogen) atoms. The first kappa shape index (κ1) is 21.8. The minimum atomic E-state index is -0.183. The van der Waals surface area contributed by atoms with E-state index in [1.165, 1.54) is 12.5 Å². The van der Waals surface area contributed by atoms with Gasteiger partial charge in [-0.3, -0.25) is 9.59 Å². The molecule has 1 amide bonds. The summed E-state index contributed by atoms with van der Waals surface area (Å²) in [7, 11) is 0. The molecule has 1 atom stereocenters. The Kier molecular flexibility index (Phi) is 5.87. The number of fused-ring (bicyclic) bond motifs is 1. The maximum absolute atomic E-state index is 12.7. The zero-order chi connectivity index (χ0) is 22.9. The molecule has 1 aliphatic carbocycles. The molecule has 0 bridgehead atoms. The molecule has 1 heterocycles. The van der Waals surface area contributed by atoms with Crippen molar-refractivity contribution in [2.24, 2.45) is 5.41 Å². The highest BCUT2D eigenvalue weighted by Crippen LogP contribution is 2.41. The van der Waals surface area contributed by atoms with E-state index in [0.29, 0.717) is 11.3 Å². The number of hydrogen-bond donors (Lipinski definition) is 1. The van der Waals surface area contributed by atoms with Gasteiger partial charge in [0, 0.05) is 11.1 Å². The van der Waals surface area contributed by atoms with Crippen molar-refractivity contribution in [3.8, 4) is 11.4 Å². The van der Waals surface area contributed by atoms with Gasteiger partial charge in [-0.15, -0.1) is 0 Å². The number of amides is 1. The number of Topliss-reactive ketones (excluding diaryl/α,β-unsaturated/α-hetero) is 1. The molecule has 1 unspecified atom stereocenters. The molecular formula is C26H29N3O3. The van der Waals surface area contributed by atoms with Crippen molar-refractivity contribution >= 4 is 11.7 Å². The van der Waals surface area contributed by atoms with Crippen molar-refractivity contribution in [2.45, 2.75) is 46.6 Å². The number of rotatable bonds is 6. The standard InChI is InChI=1S/C26H29N3O3/c1-17-5-9-20(10-6-17)29-24-14-26(3,4)13-23(22(24)15-27-29)28-25(31)16-32-21-11-7-19(8-12-21)18(2)30/h5-12,15,23H,13-14,16H2,1-4H3,(H,28,31). The van der Waals surface area contributed by atoms with Gasteiger partial charge in [-0.05, 0) is 68.5 Å². The number of nitrogens with zero attached hydrogens (tertiary/aromatic N) is 2. The van der Waals surface area contributed by atoms with E-state index >= 15 is 0 Å². The van der Waals surface area contributed by atoms with E-state index < -0.39 is 0 Å². The molecule has 0 spiro atoms. The molecule has 2 aromatic carbocycles. The van der Waals surface area contributed by atoms with Gasteiger partial charge in [-0.2, -0.15) is 5.10 Å². The van der Waals surface area contributed by atoms with Crippen LogP contribution in [-0.2, 0) is 11.2 Å². The van der Waals surface area contributed by atoms with Crippen LogP contribution in [0.2, 0.25) is 0 Å². The summed E-state index contributed by atoms with van der Waals surface area (Å²) in [5.41, 5.74) is 5.06. The number of ether oxygens (including phenoxy) is 1. The summed E-state index contributed by atoms with van der Waals surface area (Å²) in [6.45, 7) is 7.93. The second kappa shape index (κ2) is 8.61. The van der Waals surface area contributed by atoms with Gasteiger partial charge < -0.3 is 10.1 Å². The van der Waals surface area contributed by atoms with Crippen molar-refractivity contribution in [2.75, 3.05) is 6.61 Å². The van der Waals surface area contributed by atoms with Crippen LogP contribution in [0, 0.1) is 12.3 Å². The van der Waals surface area contributed by atoms with E-state index in [-0.39, 0.29) is 29.8 Å². The fraction of sp³-hybridized carbons (Fsp3) is 0.346. The molecule has 0 aliphatic heterocycles. The highest BCUT2D eigenvalue weighted by Gasteiger charge is 2.36. The summed E-state index contributed by atoms with van der Waals surface area (Å²) in [6, 6.07) is 15.0. The Morgan fingerprint density at radius 1 is 1.12 bits per heavy atom. The predicted octanol–water partition coefficient (Wildman–Crippen LogP) is 4.59. The fourth-order valence-corrected chi connectivity index (χ4v) is 4.25. The van der Waals surface area contributed by atoms with Crippen LogP contribution in [-0.4, -0.2) is 28.1 Å². The van der Waals surface area contributed by atoms with Crippen molar-refractivity contribution in [1.82, 2.24) is 15.1 Å². The lowest BCUT2D eigenvalue weighted by molar-refractivity contribution is -0.124. The van der Waals surface area contributed by atoms with E-state index in [4.69, 9.17) is 4.74 Å². The van der Waals surface area contributed by atoms with Gasteiger partial charge in [0.15, 0.2) is 12.4 Å². The Balaban J connectivity index is 1.47. The third-order valence-electron chi connectivity index (χ3n) is 5.92. The summed E-state index contributed by atoms with van der Waals surface area (Å²) in [4.78, 5) is 24.1. The first-order valence-corrected chi connectivity index (χ1v) is 10.9. The molecule has 3 aromatic rings. The second-order valence-electron chi connectivity index (χ2n) is 9.33. The monoisotopic (exact) mass is 431 g/mol. The number of benzene rings is 2. The topological polar surface area (TPSA) is 73.2 Å². The minimum Gasteiger partial charge on any atom is -0.484 e. The second-order valence-corrected chi connectivity index (χ2v) is 9.33. The van der Waals surface area contributed by atoms with Gasteiger partial charge in [0.2, 0.25) is 0 Å². The molecule has 1 aliphatic rings. The maximum Gasteiger partial charge on any atom is 0.258 e. The number of aryl methyl sites for hydroxylation is 1. The molecule has 0 fully saturated rings. The fourth-order valence-electron chi connectivity index (χ4n) is 4.25.